The van der Waals surface area contributed by atoms with E-state index in [-0.39, 0.29) is 22.5 Å². The number of carbonyl (C=O) groups excluding carboxylic acids is 1. The molecule has 0 aromatic heterocycles. The van der Waals surface area contributed by atoms with E-state index < -0.39 is 5.60 Å². The van der Waals surface area contributed by atoms with Gasteiger partial charge in [-0.15, -0.1) is 0 Å². The summed E-state index contributed by atoms with van der Waals surface area (Å²) in [4.78, 5) is 12.1. The van der Waals surface area contributed by atoms with Crippen molar-refractivity contribution in [3.8, 4) is 0 Å². The smallest absolute Gasteiger partial charge is 0.155 e. The minimum absolute atomic E-state index is 0.0204. The molecule has 0 amide bonds. The lowest BCUT2D eigenvalue weighted by atomic mass is 9.44. The van der Waals surface area contributed by atoms with E-state index in [4.69, 9.17) is 4.74 Å². The Balaban J connectivity index is 1.62. The quantitative estimate of drug-likeness (QED) is 0.731. The first-order valence-electron chi connectivity index (χ1n) is 10.4. The third-order valence-corrected chi connectivity index (χ3v) is 9.56. The maximum Gasteiger partial charge on any atom is 0.155 e. The number of hydrogen-bond donors (Lipinski definition) is 1. The fraction of sp³-hybridized carbons (Fsp3) is 0.864. The molecule has 0 bridgehead atoms. The van der Waals surface area contributed by atoms with Crippen molar-refractivity contribution in [2.24, 2.45) is 28.6 Å². The van der Waals surface area contributed by atoms with Gasteiger partial charge in [0.1, 0.15) is 5.60 Å². The highest BCUT2D eigenvalue weighted by Gasteiger charge is 2.81. The highest BCUT2D eigenvalue weighted by Crippen LogP contribution is 2.77. The summed E-state index contributed by atoms with van der Waals surface area (Å²) in [5.74, 6) is 1.89. The summed E-state index contributed by atoms with van der Waals surface area (Å²) in [7, 11) is 0. The van der Waals surface area contributed by atoms with Crippen molar-refractivity contribution in [1.29, 1.82) is 0 Å². The van der Waals surface area contributed by atoms with Crippen molar-refractivity contribution in [2.45, 2.75) is 89.9 Å². The fourth-order valence-corrected chi connectivity index (χ4v) is 8.05. The van der Waals surface area contributed by atoms with Gasteiger partial charge in [0, 0.05) is 17.3 Å². The van der Waals surface area contributed by atoms with Crippen molar-refractivity contribution in [3.05, 3.63) is 11.6 Å². The Bertz CT molecular complexity index is 683. The molecule has 8 atom stereocenters. The van der Waals surface area contributed by atoms with Crippen LogP contribution in [0.5, 0.6) is 0 Å². The van der Waals surface area contributed by atoms with Crippen LogP contribution >= 0.6 is 0 Å². The molecule has 25 heavy (non-hydrogen) atoms. The summed E-state index contributed by atoms with van der Waals surface area (Å²) in [6.45, 7) is 9.21. The summed E-state index contributed by atoms with van der Waals surface area (Å²) >= 11 is 0. The number of epoxide rings is 1. The number of aliphatic hydroxyl groups is 1. The highest BCUT2D eigenvalue weighted by molar-refractivity contribution is 5.91. The van der Waals surface area contributed by atoms with Crippen molar-refractivity contribution < 1.29 is 14.6 Å². The van der Waals surface area contributed by atoms with Crippen LogP contribution in [0, 0.1) is 28.6 Å². The van der Waals surface area contributed by atoms with Crippen molar-refractivity contribution in [1.82, 2.24) is 0 Å². The fourth-order valence-electron chi connectivity index (χ4n) is 8.05. The molecule has 0 aromatic carbocycles. The zero-order chi connectivity index (χ0) is 17.8. The molecule has 4 fully saturated rings. The Morgan fingerprint density at radius 3 is 2.80 bits per heavy atom. The van der Waals surface area contributed by atoms with Crippen LogP contribution in [-0.4, -0.2) is 28.2 Å². The van der Waals surface area contributed by atoms with Gasteiger partial charge in [-0.25, -0.2) is 0 Å². The van der Waals surface area contributed by atoms with Crippen LogP contribution in [0.1, 0.15) is 72.6 Å². The van der Waals surface area contributed by atoms with Crippen LogP contribution in [-0.2, 0) is 9.53 Å². The van der Waals surface area contributed by atoms with Gasteiger partial charge in [-0.05, 0) is 62.4 Å². The van der Waals surface area contributed by atoms with E-state index in [1.54, 1.807) is 0 Å². The van der Waals surface area contributed by atoms with Crippen molar-refractivity contribution >= 4 is 5.78 Å². The average Bonchev–Trinajstić information content (AvgIpc) is 3.22. The standard InChI is InChI=1S/C22H32O3/c1-5-21(24)9-7-16-18-13(2)10-14-11-15(23)6-8-19(14,3)22(18)17(25-22)12-20(16,21)4/h11,13,16-18,24H,5-10,12H2,1-4H3/t13-,16+,17-,18+,19+,20+,21+,22?/m1/s1. The van der Waals surface area contributed by atoms with Crippen LogP contribution in [0.15, 0.2) is 11.6 Å². The van der Waals surface area contributed by atoms with Gasteiger partial charge in [-0.2, -0.15) is 0 Å². The maximum absolute atomic E-state index is 12.1. The molecule has 5 aliphatic rings. The summed E-state index contributed by atoms with van der Waals surface area (Å²) in [6, 6.07) is 0. The third kappa shape index (κ3) is 1.64. The number of ketones is 1. The topological polar surface area (TPSA) is 49.8 Å². The average molecular weight is 344 g/mol. The zero-order valence-electron chi connectivity index (χ0n) is 16.1. The molecule has 3 saturated carbocycles. The van der Waals surface area contributed by atoms with Crippen molar-refractivity contribution in [2.75, 3.05) is 0 Å². The second kappa shape index (κ2) is 4.59. The van der Waals surface area contributed by atoms with Crippen LogP contribution in [0.3, 0.4) is 0 Å². The molecule has 4 aliphatic carbocycles. The number of rotatable bonds is 1. The molecule has 1 aliphatic heterocycles. The van der Waals surface area contributed by atoms with Crippen LogP contribution < -0.4 is 0 Å². The Labute approximate surface area is 151 Å². The lowest BCUT2D eigenvalue weighted by Crippen LogP contribution is -2.61. The van der Waals surface area contributed by atoms with Gasteiger partial charge in [-0.1, -0.05) is 33.3 Å². The predicted octanol–water partition coefficient (Wildman–Crippen LogP) is 4.04. The van der Waals surface area contributed by atoms with Gasteiger partial charge in [0.25, 0.3) is 0 Å². The predicted molar refractivity (Wildman–Crippen MR) is 96.0 cm³/mol. The lowest BCUT2D eigenvalue weighted by molar-refractivity contribution is -0.126. The van der Waals surface area contributed by atoms with E-state index in [0.29, 0.717) is 30.0 Å². The Morgan fingerprint density at radius 2 is 2.08 bits per heavy atom. The molecule has 1 saturated heterocycles. The van der Waals surface area contributed by atoms with Gasteiger partial charge in [0.15, 0.2) is 5.78 Å². The van der Waals surface area contributed by atoms with Gasteiger partial charge in [0.05, 0.1) is 11.7 Å². The molecular formula is C22H32O3. The zero-order valence-corrected chi connectivity index (χ0v) is 16.1. The number of hydrogen-bond acceptors (Lipinski definition) is 3. The Hall–Kier alpha value is -0.670. The molecule has 0 radical (unpaired) electrons. The molecule has 3 nitrogen and oxygen atoms in total. The van der Waals surface area contributed by atoms with E-state index in [0.717, 1.165) is 38.5 Å². The largest absolute Gasteiger partial charge is 0.389 e. The first-order valence-corrected chi connectivity index (χ1v) is 10.4. The van der Waals surface area contributed by atoms with E-state index in [9.17, 15) is 9.90 Å². The Morgan fingerprint density at radius 1 is 1.32 bits per heavy atom. The molecule has 138 valence electrons. The van der Waals surface area contributed by atoms with Crippen molar-refractivity contribution in [3.63, 3.8) is 0 Å². The highest BCUT2D eigenvalue weighted by atomic mass is 16.6. The molecular weight excluding hydrogens is 312 g/mol. The molecule has 3 heteroatoms. The first-order chi connectivity index (χ1) is 11.7. The number of carbonyl (C=O) groups is 1. The SMILES string of the molecule is CC[C@]1(O)CC[C@H]2[C@@H]3[C@H](C)CC4=CC(=O)CC[C@]4(C)C34O[C@@H]4C[C@@]21C. The third-order valence-electron chi connectivity index (χ3n) is 9.56. The van der Waals surface area contributed by atoms with Gasteiger partial charge in [0.2, 0.25) is 0 Å². The van der Waals surface area contributed by atoms with Gasteiger partial charge < -0.3 is 9.84 Å². The van der Waals surface area contributed by atoms with E-state index in [1.807, 2.05) is 6.08 Å². The molecule has 1 heterocycles. The second-order valence-corrected chi connectivity index (χ2v) is 10.2. The molecule has 0 aromatic rings. The molecule has 5 rings (SSSR count). The van der Waals surface area contributed by atoms with E-state index in [2.05, 4.69) is 27.7 Å². The maximum atomic E-state index is 12.1. The van der Waals surface area contributed by atoms with Gasteiger partial charge in [-0.3, -0.25) is 4.79 Å². The number of ether oxygens (including phenoxy) is 1. The molecule has 1 spiro atoms. The Kier molecular flexibility index (Phi) is 3.03. The molecule has 1 N–H and O–H groups in total. The second-order valence-electron chi connectivity index (χ2n) is 10.2. The number of fused-ring (bicyclic) bond motifs is 3. The van der Waals surface area contributed by atoms with Gasteiger partial charge >= 0.3 is 0 Å². The van der Waals surface area contributed by atoms with Crippen LogP contribution in [0.25, 0.3) is 0 Å². The lowest BCUT2D eigenvalue weighted by Gasteiger charge is -2.59. The summed E-state index contributed by atoms with van der Waals surface area (Å²) in [5, 5.41) is 11.4. The minimum atomic E-state index is -0.533. The van der Waals surface area contributed by atoms with Crippen LogP contribution in [0.2, 0.25) is 0 Å². The summed E-state index contributed by atoms with van der Waals surface area (Å²) in [6.07, 6.45) is 8.75. The monoisotopic (exact) mass is 344 g/mol. The van der Waals surface area contributed by atoms with E-state index in [1.165, 1.54) is 5.57 Å². The van der Waals surface area contributed by atoms with Crippen LogP contribution in [0.4, 0.5) is 0 Å². The molecule has 1 unspecified atom stereocenters. The van der Waals surface area contributed by atoms with E-state index >= 15 is 0 Å². The minimum Gasteiger partial charge on any atom is -0.389 e. The first kappa shape index (κ1) is 16.5. The summed E-state index contributed by atoms with van der Waals surface area (Å²) < 4.78 is 6.62. The summed E-state index contributed by atoms with van der Waals surface area (Å²) in [5.41, 5.74) is 0.752. The normalized spacial score (nSPS) is 59.4.